The largest absolute Gasteiger partial charge is 0.330 e. The Labute approximate surface area is 162 Å². The van der Waals surface area contributed by atoms with Crippen LogP contribution in [0, 0.1) is 11.6 Å². The lowest BCUT2D eigenvalue weighted by atomic mass is 10.1. The monoisotopic (exact) mass is 378 g/mol. The lowest BCUT2D eigenvalue weighted by molar-refractivity contribution is 0.0732. The summed E-state index contributed by atoms with van der Waals surface area (Å²) in [4.78, 5) is 19.4. The Balaban J connectivity index is 1.56. The molecule has 1 aliphatic heterocycles. The normalized spacial score (nSPS) is 16.4. The Kier molecular flexibility index (Phi) is 5.15. The van der Waals surface area contributed by atoms with Crippen molar-refractivity contribution in [2.45, 2.75) is 25.3 Å². The van der Waals surface area contributed by atoms with Gasteiger partial charge >= 0.3 is 0 Å². The lowest BCUT2D eigenvalue weighted by Crippen LogP contribution is -2.31. The summed E-state index contributed by atoms with van der Waals surface area (Å²) in [5, 5.41) is 0. The minimum absolute atomic E-state index is 0.106. The first-order chi connectivity index (χ1) is 13.6. The highest BCUT2D eigenvalue weighted by molar-refractivity contribution is 5.94. The zero-order valence-electron chi connectivity index (χ0n) is 15.3. The predicted octanol–water partition coefficient (Wildman–Crippen LogP) is 4.93. The molecule has 0 N–H and O–H groups in total. The molecule has 2 aromatic carbocycles. The summed E-state index contributed by atoms with van der Waals surface area (Å²) in [5.74, 6) is -0.735. The molecule has 2 heterocycles. The molecule has 0 saturated carbocycles. The van der Waals surface area contributed by atoms with Gasteiger partial charge in [-0.05, 0) is 66.9 Å². The van der Waals surface area contributed by atoms with Crippen molar-refractivity contribution in [3.05, 3.63) is 101 Å². The van der Waals surface area contributed by atoms with Crippen LogP contribution in [-0.2, 0) is 6.42 Å². The summed E-state index contributed by atoms with van der Waals surface area (Å²) in [6.07, 6.45) is 2.26. The number of aromatic nitrogens is 1. The summed E-state index contributed by atoms with van der Waals surface area (Å²) < 4.78 is 26.6. The number of hydrogen-bond donors (Lipinski definition) is 0. The molecule has 1 aromatic heterocycles. The molecular formula is C23H20F2N2O. The van der Waals surface area contributed by atoms with Crippen LogP contribution >= 0.6 is 0 Å². The van der Waals surface area contributed by atoms with Gasteiger partial charge in [0.25, 0.3) is 5.91 Å². The van der Waals surface area contributed by atoms with Crippen LogP contribution in [0.1, 0.15) is 46.2 Å². The smallest absolute Gasteiger partial charge is 0.254 e. The van der Waals surface area contributed by atoms with E-state index in [2.05, 4.69) is 0 Å². The Bertz CT molecular complexity index is 988. The van der Waals surface area contributed by atoms with E-state index < -0.39 is 0 Å². The Morgan fingerprint density at radius 2 is 1.79 bits per heavy atom. The molecule has 0 spiro atoms. The van der Waals surface area contributed by atoms with Crippen LogP contribution in [0.5, 0.6) is 0 Å². The molecule has 1 saturated heterocycles. The molecule has 1 aliphatic rings. The highest BCUT2D eigenvalue weighted by Gasteiger charge is 2.31. The van der Waals surface area contributed by atoms with E-state index in [1.165, 1.54) is 36.4 Å². The zero-order valence-corrected chi connectivity index (χ0v) is 15.3. The topological polar surface area (TPSA) is 33.2 Å². The average Bonchev–Trinajstić information content (AvgIpc) is 3.18. The first-order valence-electron chi connectivity index (χ1n) is 9.37. The van der Waals surface area contributed by atoms with Crippen molar-refractivity contribution in [3.63, 3.8) is 0 Å². The summed E-state index contributed by atoms with van der Waals surface area (Å²) >= 11 is 0. The van der Waals surface area contributed by atoms with Crippen LogP contribution in [0.4, 0.5) is 8.78 Å². The fourth-order valence-electron chi connectivity index (χ4n) is 3.71. The summed E-state index contributed by atoms with van der Waals surface area (Å²) in [6, 6.07) is 17.8. The molecule has 28 heavy (non-hydrogen) atoms. The van der Waals surface area contributed by atoms with E-state index in [0.717, 1.165) is 29.8 Å². The number of hydrogen-bond acceptors (Lipinski definition) is 2. The highest BCUT2D eigenvalue weighted by atomic mass is 19.1. The van der Waals surface area contributed by atoms with Gasteiger partial charge in [-0.15, -0.1) is 0 Å². The minimum atomic E-state index is -0.360. The van der Waals surface area contributed by atoms with Crippen molar-refractivity contribution >= 4 is 5.91 Å². The predicted molar refractivity (Wildman–Crippen MR) is 103 cm³/mol. The van der Waals surface area contributed by atoms with Crippen LogP contribution < -0.4 is 0 Å². The van der Waals surface area contributed by atoms with Crippen molar-refractivity contribution in [1.29, 1.82) is 0 Å². The molecule has 1 amide bonds. The molecule has 5 heteroatoms. The molecule has 0 aliphatic carbocycles. The average molecular weight is 378 g/mol. The molecule has 1 fully saturated rings. The molecular weight excluding hydrogens is 358 g/mol. The third kappa shape index (κ3) is 3.93. The van der Waals surface area contributed by atoms with E-state index in [1.807, 2.05) is 29.2 Å². The zero-order chi connectivity index (χ0) is 19.5. The van der Waals surface area contributed by atoms with E-state index in [-0.39, 0.29) is 23.6 Å². The molecule has 142 valence electrons. The fourth-order valence-corrected chi connectivity index (χ4v) is 3.71. The van der Waals surface area contributed by atoms with Crippen molar-refractivity contribution in [1.82, 2.24) is 9.88 Å². The number of benzene rings is 2. The van der Waals surface area contributed by atoms with Gasteiger partial charge in [0.15, 0.2) is 0 Å². The van der Waals surface area contributed by atoms with E-state index in [1.54, 1.807) is 6.07 Å². The fraction of sp³-hybridized carbons (Fsp3) is 0.217. The van der Waals surface area contributed by atoms with E-state index in [0.29, 0.717) is 18.5 Å². The molecule has 3 nitrogen and oxygen atoms in total. The van der Waals surface area contributed by atoms with Crippen LogP contribution in [0.25, 0.3) is 0 Å². The highest BCUT2D eigenvalue weighted by Crippen LogP contribution is 2.32. The van der Waals surface area contributed by atoms with Gasteiger partial charge in [0, 0.05) is 24.2 Å². The van der Waals surface area contributed by atoms with E-state index >= 15 is 0 Å². The first-order valence-corrected chi connectivity index (χ1v) is 9.37. The second-order valence-corrected chi connectivity index (χ2v) is 7.02. The number of pyridine rings is 1. The number of carbonyl (C=O) groups is 1. The second-order valence-electron chi connectivity index (χ2n) is 7.02. The molecule has 1 unspecified atom stereocenters. The summed E-state index contributed by atoms with van der Waals surface area (Å²) in [7, 11) is 0. The second kappa shape index (κ2) is 7.89. The van der Waals surface area contributed by atoms with Gasteiger partial charge in [0.05, 0.1) is 11.7 Å². The molecule has 3 aromatic rings. The van der Waals surface area contributed by atoms with Crippen molar-refractivity contribution in [2.75, 3.05) is 6.54 Å². The Morgan fingerprint density at radius 1 is 1.00 bits per heavy atom. The number of nitrogens with zero attached hydrogens (tertiary/aromatic N) is 2. The van der Waals surface area contributed by atoms with Crippen LogP contribution in [0.2, 0.25) is 0 Å². The van der Waals surface area contributed by atoms with Crippen molar-refractivity contribution in [2.24, 2.45) is 0 Å². The Hall–Kier alpha value is -3.08. The van der Waals surface area contributed by atoms with Gasteiger partial charge in [0.1, 0.15) is 11.6 Å². The van der Waals surface area contributed by atoms with Gasteiger partial charge in [-0.1, -0.05) is 18.2 Å². The number of rotatable bonds is 4. The maximum atomic E-state index is 13.4. The molecule has 4 rings (SSSR count). The number of halogens is 2. The molecule has 1 atom stereocenters. The number of carbonyl (C=O) groups excluding carboxylic acids is 1. The lowest BCUT2D eigenvalue weighted by Gasteiger charge is -2.25. The standard InChI is InChI=1S/C23H20F2N2O/c24-18-11-9-17(10-12-18)23(28)27-13-3-8-22(27)21-7-2-6-20(26-21)15-16-4-1-5-19(25)14-16/h1-2,4-7,9-12,14,22H,3,8,13,15H2. The van der Waals surface area contributed by atoms with Crippen LogP contribution in [0.3, 0.4) is 0 Å². The Morgan fingerprint density at radius 3 is 2.57 bits per heavy atom. The van der Waals surface area contributed by atoms with Crippen LogP contribution in [0.15, 0.2) is 66.7 Å². The van der Waals surface area contributed by atoms with Gasteiger partial charge in [-0.2, -0.15) is 0 Å². The minimum Gasteiger partial charge on any atom is -0.330 e. The van der Waals surface area contributed by atoms with Crippen LogP contribution in [-0.4, -0.2) is 22.3 Å². The molecule has 0 radical (unpaired) electrons. The third-order valence-electron chi connectivity index (χ3n) is 5.05. The summed E-state index contributed by atoms with van der Waals surface area (Å²) in [5.41, 5.74) is 3.01. The SMILES string of the molecule is O=C(c1ccc(F)cc1)N1CCCC1c1cccc(Cc2cccc(F)c2)n1. The number of amides is 1. The van der Waals surface area contributed by atoms with Crippen molar-refractivity contribution < 1.29 is 13.6 Å². The van der Waals surface area contributed by atoms with Gasteiger partial charge in [0.2, 0.25) is 0 Å². The first kappa shape index (κ1) is 18.3. The number of likely N-dealkylation sites (tertiary alicyclic amines) is 1. The van der Waals surface area contributed by atoms with Crippen molar-refractivity contribution in [3.8, 4) is 0 Å². The molecule has 0 bridgehead atoms. The van der Waals surface area contributed by atoms with Gasteiger partial charge in [-0.25, -0.2) is 8.78 Å². The maximum Gasteiger partial charge on any atom is 0.254 e. The van der Waals surface area contributed by atoms with E-state index in [4.69, 9.17) is 4.98 Å². The van der Waals surface area contributed by atoms with Gasteiger partial charge in [-0.3, -0.25) is 9.78 Å². The third-order valence-corrected chi connectivity index (χ3v) is 5.05. The quantitative estimate of drug-likeness (QED) is 0.645. The van der Waals surface area contributed by atoms with Gasteiger partial charge < -0.3 is 4.90 Å². The van der Waals surface area contributed by atoms with E-state index in [9.17, 15) is 13.6 Å². The maximum absolute atomic E-state index is 13.4. The summed E-state index contributed by atoms with van der Waals surface area (Å²) in [6.45, 7) is 0.649.